The molecule has 0 bridgehead atoms. The van der Waals surface area contributed by atoms with Gasteiger partial charge in [-0.3, -0.25) is 0 Å². The minimum atomic E-state index is 0.179. The van der Waals surface area contributed by atoms with Crippen molar-refractivity contribution in [2.45, 2.75) is 25.5 Å². The number of benzene rings is 2. The topological polar surface area (TPSA) is 30.5 Å². The van der Waals surface area contributed by atoms with Crippen molar-refractivity contribution in [3.8, 4) is 5.75 Å². The van der Waals surface area contributed by atoms with E-state index in [1.165, 1.54) is 25.9 Å². The van der Waals surface area contributed by atoms with Gasteiger partial charge < -0.3 is 14.8 Å². The molecule has 0 amide bonds. The second-order valence-corrected chi connectivity index (χ2v) is 7.59. The van der Waals surface area contributed by atoms with E-state index in [2.05, 4.69) is 71.2 Å². The Labute approximate surface area is 150 Å². The Morgan fingerprint density at radius 2 is 2.04 bits per heavy atom. The lowest BCUT2D eigenvalue weighted by Crippen LogP contribution is -2.29. The summed E-state index contributed by atoms with van der Waals surface area (Å²) < 4.78 is 13.0. The van der Waals surface area contributed by atoms with Crippen molar-refractivity contribution in [2.24, 2.45) is 5.92 Å². The fourth-order valence-electron chi connectivity index (χ4n) is 3.85. The first kappa shape index (κ1) is 15.3. The first-order valence-electron chi connectivity index (χ1n) is 7.99. The van der Waals surface area contributed by atoms with Crippen molar-refractivity contribution in [2.75, 3.05) is 19.0 Å². The molecule has 120 valence electrons. The zero-order valence-corrected chi connectivity index (χ0v) is 15.5. The van der Waals surface area contributed by atoms with Crippen LogP contribution in [0.4, 0.5) is 5.69 Å². The lowest BCUT2D eigenvalue weighted by Gasteiger charge is -2.37. The Balaban J connectivity index is 1.82. The van der Waals surface area contributed by atoms with E-state index in [9.17, 15) is 0 Å². The molecule has 4 rings (SSSR count). The maximum atomic E-state index is 6.11. The Morgan fingerprint density at radius 3 is 2.87 bits per heavy atom. The van der Waals surface area contributed by atoms with Gasteiger partial charge >= 0.3 is 0 Å². The fourth-order valence-corrected chi connectivity index (χ4v) is 4.36. The number of nitrogens with one attached hydrogen (secondary N) is 1. The van der Waals surface area contributed by atoms with E-state index >= 15 is 0 Å². The number of halogens is 1. The third-order valence-corrected chi connectivity index (χ3v) is 5.59. The molecule has 0 aromatic heterocycles. The second kappa shape index (κ2) is 5.98. The molecule has 2 heterocycles. The van der Waals surface area contributed by atoms with Crippen molar-refractivity contribution < 1.29 is 9.47 Å². The third kappa shape index (κ3) is 2.62. The Kier molecular flexibility index (Phi) is 3.97. The molecule has 0 aliphatic carbocycles. The van der Waals surface area contributed by atoms with Crippen molar-refractivity contribution in [1.82, 2.24) is 0 Å². The summed E-state index contributed by atoms with van der Waals surface area (Å²) in [7, 11) is 1.74. The van der Waals surface area contributed by atoms with Crippen LogP contribution in [0.2, 0.25) is 0 Å². The monoisotopic (exact) mass is 421 g/mol. The van der Waals surface area contributed by atoms with Crippen molar-refractivity contribution in [3.63, 3.8) is 0 Å². The molecule has 23 heavy (non-hydrogen) atoms. The molecule has 2 aliphatic heterocycles. The number of anilines is 1. The number of ether oxygens (including phenoxy) is 2. The minimum absolute atomic E-state index is 0.179. The summed E-state index contributed by atoms with van der Waals surface area (Å²) in [5.74, 6) is 1.39. The molecular formula is C19H20INO2. The van der Waals surface area contributed by atoms with Gasteiger partial charge in [-0.1, -0.05) is 17.7 Å². The van der Waals surface area contributed by atoms with Crippen LogP contribution in [0, 0.1) is 16.4 Å². The maximum absolute atomic E-state index is 6.11. The first-order chi connectivity index (χ1) is 11.2. The predicted octanol–water partition coefficient (Wildman–Crippen LogP) is 4.85. The van der Waals surface area contributed by atoms with Crippen LogP contribution in [0.3, 0.4) is 0 Å². The fraction of sp³-hybridized carbons (Fsp3) is 0.368. The summed E-state index contributed by atoms with van der Waals surface area (Å²) in [6.45, 7) is 2.96. The zero-order valence-electron chi connectivity index (χ0n) is 13.3. The van der Waals surface area contributed by atoms with Crippen molar-refractivity contribution in [3.05, 3.63) is 56.7 Å². The average Bonchev–Trinajstić information content (AvgIpc) is 3.04. The standard InChI is InChI=1S/C19H20INO2/c1-11-3-5-16-14(9-11)19-13(7-8-23-19)18(21-16)15-10-12(20)4-6-17(15)22-2/h3-6,9-10,13,18-19,21H,7-8H2,1-2H3/t13-,18+,19-/m0/s1. The lowest BCUT2D eigenvalue weighted by atomic mass is 9.80. The van der Waals surface area contributed by atoms with Gasteiger partial charge in [0.1, 0.15) is 5.75 Å². The first-order valence-corrected chi connectivity index (χ1v) is 9.07. The van der Waals surface area contributed by atoms with Gasteiger partial charge in [0.15, 0.2) is 0 Å². The average molecular weight is 421 g/mol. The predicted molar refractivity (Wildman–Crippen MR) is 100 cm³/mol. The smallest absolute Gasteiger partial charge is 0.124 e. The third-order valence-electron chi connectivity index (χ3n) is 4.92. The Hall–Kier alpha value is -1.27. The summed E-state index contributed by atoms with van der Waals surface area (Å²) in [4.78, 5) is 0. The van der Waals surface area contributed by atoms with Crippen molar-refractivity contribution in [1.29, 1.82) is 0 Å². The summed E-state index contributed by atoms with van der Waals surface area (Å²) >= 11 is 2.36. The normalized spacial score (nSPS) is 25.4. The molecule has 2 aromatic rings. The Morgan fingerprint density at radius 1 is 1.17 bits per heavy atom. The van der Waals surface area contributed by atoms with Crippen LogP contribution in [-0.2, 0) is 4.74 Å². The van der Waals surface area contributed by atoms with Crippen LogP contribution in [0.15, 0.2) is 36.4 Å². The van der Waals surface area contributed by atoms with E-state index in [-0.39, 0.29) is 12.1 Å². The number of rotatable bonds is 2. The highest BCUT2D eigenvalue weighted by molar-refractivity contribution is 14.1. The van der Waals surface area contributed by atoms with Gasteiger partial charge in [-0.15, -0.1) is 0 Å². The van der Waals surface area contributed by atoms with Gasteiger partial charge in [0.05, 0.1) is 19.3 Å². The zero-order chi connectivity index (χ0) is 16.0. The van der Waals surface area contributed by atoms with Gasteiger partial charge in [-0.25, -0.2) is 0 Å². The molecule has 1 saturated heterocycles. The van der Waals surface area contributed by atoms with Crippen LogP contribution in [0.25, 0.3) is 0 Å². The van der Waals surface area contributed by atoms with Crippen LogP contribution in [0.5, 0.6) is 5.75 Å². The largest absolute Gasteiger partial charge is 0.496 e. The molecule has 2 aromatic carbocycles. The van der Waals surface area contributed by atoms with Crippen LogP contribution in [-0.4, -0.2) is 13.7 Å². The van der Waals surface area contributed by atoms with Gasteiger partial charge in [-0.05, 0) is 60.2 Å². The molecule has 0 saturated carbocycles. The maximum Gasteiger partial charge on any atom is 0.124 e. The number of aryl methyl sites for hydroxylation is 1. The Bertz CT molecular complexity index is 746. The molecule has 3 atom stereocenters. The molecule has 1 N–H and O–H groups in total. The molecule has 0 radical (unpaired) electrons. The number of hydrogen-bond acceptors (Lipinski definition) is 3. The van der Waals surface area contributed by atoms with Gasteiger partial charge in [-0.2, -0.15) is 0 Å². The molecular weight excluding hydrogens is 401 g/mol. The van der Waals surface area contributed by atoms with E-state index in [1.54, 1.807) is 7.11 Å². The number of fused-ring (bicyclic) bond motifs is 3. The molecule has 3 nitrogen and oxygen atoms in total. The second-order valence-electron chi connectivity index (χ2n) is 6.34. The molecule has 0 unspecified atom stereocenters. The van der Waals surface area contributed by atoms with Crippen molar-refractivity contribution >= 4 is 28.3 Å². The van der Waals surface area contributed by atoms with E-state index in [0.29, 0.717) is 5.92 Å². The lowest BCUT2D eigenvalue weighted by molar-refractivity contribution is 0.0826. The highest BCUT2D eigenvalue weighted by atomic mass is 127. The van der Waals surface area contributed by atoms with E-state index in [4.69, 9.17) is 9.47 Å². The summed E-state index contributed by atoms with van der Waals surface area (Å²) in [5.41, 5.74) is 4.99. The number of methoxy groups -OCH3 is 1. The van der Waals surface area contributed by atoms with Crippen LogP contribution < -0.4 is 10.1 Å². The van der Waals surface area contributed by atoms with Gasteiger partial charge in [0.25, 0.3) is 0 Å². The molecule has 0 spiro atoms. The highest BCUT2D eigenvalue weighted by Gasteiger charge is 2.42. The molecule has 4 heteroatoms. The van der Waals surface area contributed by atoms with Gasteiger partial charge in [0, 0.05) is 32.9 Å². The van der Waals surface area contributed by atoms with E-state index in [1.807, 2.05) is 0 Å². The summed E-state index contributed by atoms with van der Waals surface area (Å²) in [5, 5.41) is 3.75. The summed E-state index contributed by atoms with van der Waals surface area (Å²) in [6.07, 6.45) is 1.25. The van der Waals surface area contributed by atoms with E-state index < -0.39 is 0 Å². The van der Waals surface area contributed by atoms with Gasteiger partial charge in [0.2, 0.25) is 0 Å². The molecule has 1 fully saturated rings. The van der Waals surface area contributed by atoms with Crippen LogP contribution >= 0.6 is 22.6 Å². The number of hydrogen-bond donors (Lipinski definition) is 1. The highest BCUT2D eigenvalue weighted by Crippen LogP contribution is 2.51. The quantitative estimate of drug-likeness (QED) is 0.704. The van der Waals surface area contributed by atoms with E-state index in [0.717, 1.165) is 18.8 Å². The summed E-state index contributed by atoms with van der Waals surface area (Å²) in [6, 6.07) is 13.2. The van der Waals surface area contributed by atoms with Crippen LogP contribution in [0.1, 0.15) is 35.3 Å². The molecule has 2 aliphatic rings. The minimum Gasteiger partial charge on any atom is -0.496 e. The SMILES string of the molecule is COc1ccc(I)cc1[C@@H]1Nc2ccc(C)cc2[C@H]2OCC[C@H]21.